The first-order valence-corrected chi connectivity index (χ1v) is 6.90. The SMILES string of the molecule is Cc1cc(C(C)(C)C)ccc1CNC(=O)C1(N)CC1. The highest BCUT2D eigenvalue weighted by atomic mass is 16.2. The van der Waals surface area contributed by atoms with Crippen molar-refractivity contribution in [2.75, 3.05) is 0 Å². The predicted molar refractivity (Wildman–Crippen MR) is 77.9 cm³/mol. The van der Waals surface area contributed by atoms with Crippen molar-refractivity contribution in [2.45, 2.75) is 58.0 Å². The Kier molecular flexibility index (Phi) is 3.43. The minimum absolute atomic E-state index is 0.0215. The van der Waals surface area contributed by atoms with E-state index in [-0.39, 0.29) is 11.3 Å². The van der Waals surface area contributed by atoms with Crippen molar-refractivity contribution in [1.29, 1.82) is 0 Å². The van der Waals surface area contributed by atoms with Gasteiger partial charge in [0.1, 0.15) is 0 Å². The van der Waals surface area contributed by atoms with Gasteiger partial charge in [0, 0.05) is 6.54 Å². The molecular weight excluding hydrogens is 236 g/mol. The summed E-state index contributed by atoms with van der Waals surface area (Å²) in [6.45, 7) is 9.26. The van der Waals surface area contributed by atoms with Crippen LogP contribution in [0.25, 0.3) is 0 Å². The van der Waals surface area contributed by atoms with Crippen molar-refractivity contribution in [3.63, 3.8) is 0 Å². The summed E-state index contributed by atoms with van der Waals surface area (Å²) in [5.41, 5.74) is 9.12. The Morgan fingerprint density at radius 1 is 1.37 bits per heavy atom. The van der Waals surface area contributed by atoms with Gasteiger partial charge >= 0.3 is 0 Å². The third-order valence-electron chi connectivity index (χ3n) is 3.89. The Bertz CT molecular complexity index is 496. The zero-order valence-electron chi connectivity index (χ0n) is 12.3. The Labute approximate surface area is 115 Å². The summed E-state index contributed by atoms with van der Waals surface area (Å²) in [6.07, 6.45) is 1.61. The molecule has 3 N–H and O–H groups in total. The molecule has 0 saturated heterocycles. The minimum atomic E-state index is -0.584. The fraction of sp³-hybridized carbons (Fsp3) is 0.562. The Morgan fingerprint density at radius 2 is 2.00 bits per heavy atom. The van der Waals surface area contributed by atoms with Gasteiger partial charge in [-0.3, -0.25) is 4.79 Å². The molecular formula is C16H24N2O. The Morgan fingerprint density at radius 3 is 2.47 bits per heavy atom. The molecule has 0 bridgehead atoms. The van der Waals surface area contributed by atoms with Crippen molar-refractivity contribution < 1.29 is 4.79 Å². The number of rotatable bonds is 3. The zero-order chi connectivity index (χ0) is 14.3. The minimum Gasteiger partial charge on any atom is -0.350 e. The normalized spacial score (nSPS) is 17.1. The van der Waals surface area contributed by atoms with Crippen LogP contribution in [0.3, 0.4) is 0 Å². The van der Waals surface area contributed by atoms with Crippen LogP contribution in [0.5, 0.6) is 0 Å². The standard InChI is InChI=1S/C16H24N2O/c1-11-9-13(15(2,3)4)6-5-12(11)10-18-14(19)16(17)7-8-16/h5-6,9H,7-8,10,17H2,1-4H3,(H,18,19). The van der Waals surface area contributed by atoms with Crippen LogP contribution in [0.2, 0.25) is 0 Å². The molecule has 0 radical (unpaired) electrons. The quantitative estimate of drug-likeness (QED) is 0.877. The second-order valence-corrected chi connectivity index (χ2v) is 6.73. The number of aryl methyl sites for hydroxylation is 1. The van der Waals surface area contributed by atoms with Crippen LogP contribution < -0.4 is 11.1 Å². The lowest BCUT2D eigenvalue weighted by Crippen LogP contribution is -2.42. The fourth-order valence-corrected chi connectivity index (χ4v) is 2.07. The summed E-state index contributed by atoms with van der Waals surface area (Å²) in [4.78, 5) is 11.8. The van der Waals surface area contributed by atoms with Crippen molar-refractivity contribution >= 4 is 5.91 Å². The van der Waals surface area contributed by atoms with E-state index in [0.29, 0.717) is 6.54 Å². The summed E-state index contributed by atoms with van der Waals surface area (Å²) >= 11 is 0. The van der Waals surface area contributed by atoms with Crippen LogP contribution in [0, 0.1) is 6.92 Å². The maximum atomic E-state index is 11.8. The lowest BCUT2D eigenvalue weighted by atomic mass is 9.85. The molecule has 1 aromatic carbocycles. The number of nitrogens with one attached hydrogen (secondary N) is 1. The first-order valence-electron chi connectivity index (χ1n) is 6.90. The van der Waals surface area contributed by atoms with E-state index in [1.807, 2.05) is 0 Å². The molecule has 1 amide bonds. The zero-order valence-corrected chi connectivity index (χ0v) is 12.3. The van der Waals surface area contributed by atoms with Crippen LogP contribution >= 0.6 is 0 Å². The molecule has 0 unspecified atom stereocenters. The summed E-state index contributed by atoms with van der Waals surface area (Å²) in [5, 5.41) is 2.94. The molecule has 1 saturated carbocycles. The number of hydrogen-bond acceptors (Lipinski definition) is 2. The number of carbonyl (C=O) groups is 1. The molecule has 1 fully saturated rings. The van der Waals surface area contributed by atoms with Crippen LogP contribution in [-0.2, 0) is 16.8 Å². The van der Waals surface area contributed by atoms with Crippen LogP contribution in [-0.4, -0.2) is 11.4 Å². The van der Waals surface area contributed by atoms with Crippen molar-refractivity contribution in [1.82, 2.24) is 5.32 Å². The van der Waals surface area contributed by atoms with Crippen LogP contribution in [0.4, 0.5) is 0 Å². The topological polar surface area (TPSA) is 55.1 Å². The summed E-state index contributed by atoms with van der Waals surface area (Å²) in [5.74, 6) is -0.0215. The van der Waals surface area contributed by atoms with Gasteiger partial charge in [0.2, 0.25) is 5.91 Å². The van der Waals surface area contributed by atoms with Gasteiger partial charge in [0.15, 0.2) is 0 Å². The highest BCUT2D eigenvalue weighted by Gasteiger charge is 2.45. The number of carbonyl (C=O) groups excluding carboxylic acids is 1. The van der Waals surface area contributed by atoms with Crippen molar-refractivity contribution in [3.05, 3.63) is 34.9 Å². The number of hydrogen-bond donors (Lipinski definition) is 2. The van der Waals surface area contributed by atoms with Gasteiger partial charge in [-0.05, 0) is 41.9 Å². The Balaban J connectivity index is 2.03. The summed E-state index contributed by atoms with van der Waals surface area (Å²) in [6, 6.07) is 6.45. The average molecular weight is 260 g/mol. The fourth-order valence-electron chi connectivity index (χ4n) is 2.07. The molecule has 3 heteroatoms. The predicted octanol–water partition coefficient (Wildman–Crippen LogP) is 2.40. The summed E-state index contributed by atoms with van der Waals surface area (Å²) in [7, 11) is 0. The molecule has 0 aliphatic heterocycles. The molecule has 19 heavy (non-hydrogen) atoms. The number of benzene rings is 1. The molecule has 0 atom stereocenters. The lowest BCUT2D eigenvalue weighted by molar-refractivity contribution is -0.123. The monoisotopic (exact) mass is 260 g/mol. The smallest absolute Gasteiger partial charge is 0.240 e. The second-order valence-electron chi connectivity index (χ2n) is 6.73. The van der Waals surface area contributed by atoms with E-state index in [1.165, 1.54) is 11.1 Å². The van der Waals surface area contributed by atoms with E-state index in [2.05, 4.69) is 51.2 Å². The van der Waals surface area contributed by atoms with Gasteiger partial charge < -0.3 is 11.1 Å². The number of nitrogens with two attached hydrogens (primary N) is 1. The molecule has 0 spiro atoms. The van der Waals surface area contributed by atoms with E-state index >= 15 is 0 Å². The van der Waals surface area contributed by atoms with E-state index in [4.69, 9.17) is 5.73 Å². The Hall–Kier alpha value is -1.35. The number of amides is 1. The van der Waals surface area contributed by atoms with E-state index in [0.717, 1.165) is 18.4 Å². The van der Waals surface area contributed by atoms with Gasteiger partial charge in [-0.15, -0.1) is 0 Å². The largest absolute Gasteiger partial charge is 0.350 e. The van der Waals surface area contributed by atoms with E-state index in [9.17, 15) is 4.79 Å². The maximum absolute atomic E-state index is 11.8. The second kappa shape index (κ2) is 4.64. The van der Waals surface area contributed by atoms with Gasteiger partial charge in [0.05, 0.1) is 5.54 Å². The van der Waals surface area contributed by atoms with Gasteiger partial charge in [-0.2, -0.15) is 0 Å². The van der Waals surface area contributed by atoms with E-state index < -0.39 is 5.54 Å². The molecule has 104 valence electrons. The van der Waals surface area contributed by atoms with E-state index in [1.54, 1.807) is 0 Å². The average Bonchev–Trinajstić information content (AvgIpc) is 3.05. The molecule has 0 heterocycles. The molecule has 1 aromatic rings. The van der Waals surface area contributed by atoms with Crippen LogP contribution in [0.15, 0.2) is 18.2 Å². The highest BCUT2D eigenvalue weighted by molar-refractivity contribution is 5.88. The van der Waals surface area contributed by atoms with Gasteiger partial charge in [0.25, 0.3) is 0 Å². The molecule has 0 aromatic heterocycles. The lowest BCUT2D eigenvalue weighted by Gasteiger charge is -2.21. The van der Waals surface area contributed by atoms with Crippen LogP contribution in [0.1, 0.15) is 50.3 Å². The highest BCUT2D eigenvalue weighted by Crippen LogP contribution is 2.32. The molecule has 1 aliphatic carbocycles. The third kappa shape index (κ3) is 3.16. The van der Waals surface area contributed by atoms with Gasteiger partial charge in [-0.1, -0.05) is 39.0 Å². The third-order valence-corrected chi connectivity index (χ3v) is 3.89. The van der Waals surface area contributed by atoms with Crippen molar-refractivity contribution in [2.24, 2.45) is 5.73 Å². The maximum Gasteiger partial charge on any atom is 0.240 e. The van der Waals surface area contributed by atoms with Gasteiger partial charge in [-0.25, -0.2) is 0 Å². The van der Waals surface area contributed by atoms with Crippen molar-refractivity contribution in [3.8, 4) is 0 Å². The molecule has 1 aliphatic rings. The first-order chi connectivity index (χ1) is 8.72. The summed E-state index contributed by atoms with van der Waals surface area (Å²) < 4.78 is 0. The molecule has 3 nitrogen and oxygen atoms in total. The molecule has 2 rings (SSSR count). The first kappa shape index (κ1) is 14.1.